The monoisotopic (exact) mass is 306 g/mol. The molecule has 21 heavy (non-hydrogen) atoms. The van der Waals surface area contributed by atoms with Crippen LogP contribution in [0.1, 0.15) is 22.3 Å². The lowest BCUT2D eigenvalue weighted by molar-refractivity contribution is 0.465. The molecule has 0 spiro atoms. The van der Waals surface area contributed by atoms with E-state index in [-0.39, 0.29) is 21.3 Å². The third kappa shape index (κ3) is 2.61. The van der Waals surface area contributed by atoms with Crippen molar-refractivity contribution in [2.75, 3.05) is 0 Å². The summed E-state index contributed by atoms with van der Waals surface area (Å²) < 4.78 is 25.5. The van der Waals surface area contributed by atoms with Crippen LogP contribution < -0.4 is 0 Å². The Morgan fingerprint density at radius 1 is 0.762 bits per heavy atom. The van der Waals surface area contributed by atoms with Crippen molar-refractivity contribution in [2.24, 2.45) is 0 Å². The highest BCUT2D eigenvalue weighted by atomic mass is 32.2. The largest absolute Gasteiger partial charge is 0.508 e. The van der Waals surface area contributed by atoms with Crippen molar-refractivity contribution in [3.05, 3.63) is 46.5 Å². The van der Waals surface area contributed by atoms with Gasteiger partial charge in [-0.05, 0) is 68.1 Å². The van der Waals surface area contributed by atoms with Crippen LogP contribution in [0, 0.1) is 27.7 Å². The Hall–Kier alpha value is -2.01. The lowest BCUT2D eigenvalue weighted by Gasteiger charge is -2.12. The van der Waals surface area contributed by atoms with E-state index in [0.717, 1.165) is 0 Å². The summed E-state index contributed by atoms with van der Waals surface area (Å²) in [7, 11) is -3.74. The van der Waals surface area contributed by atoms with Crippen molar-refractivity contribution in [3.8, 4) is 11.5 Å². The van der Waals surface area contributed by atoms with E-state index in [1.165, 1.54) is 18.2 Å². The number of phenols is 2. The van der Waals surface area contributed by atoms with Crippen molar-refractivity contribution in [2.45, 2.75) is 37.5 Å². The number of phenolic OH excluding ortho intramolecular Hbond substituents is 2. The number of aromatic hydroxyl groups is 2. The van der Waals surface area contributed by atoms with Crippen molar-refractivity contribution in [1.29, 1.82) is 0 Å². The number of rotatable bonds is 2. The number of sulfone groups is 1. The van der Waals surface area contributed by atoms with Gasteiger partial charge in [-0.1, -0.05) is 6.07 Å². The molecule has 0 aliphatic heterocycles. The minimum absolute atomic E-state index is 0.0496. The lowest BCUT2D eigenvalue weighted by Crippen LogP contribution is -2.05. The van der Waals surface area contributed by atoms with Gasteiger partial charge in [0.15, 0.2) is 0 Å². The zero-order valence-electron chi connectivity index (χ0n) is 12.4. The Morgan fingerprint density at radius 2 is 1.29 bits per heavy atom. The van der Waals surface area contributed by atoms with Gasteiger partial charge < -0.3 is 10.2 Å². The molecule has 0 fully saturated rings. The molecule has 5 heteroatoms. The van der Waals surface area contributed by atoms with E-state index in [4.69, 9.17) is 0 Å². The van der Waals surface area contributed by atoms with Gasteiger partial charge in [0.2, 0.25) is 9.84 Å². The lowest BCUT2D eigenvalue weighted by atomic mass is 10.1. The molecule has 0 amide bonds. The highest BCUT2D eigenvalue weighted by Gasteiger charge is 2.22. The van der Waals surface area contributed by atoms with E-state index in [1.807, 2.05) is 0 Å². The standard InChI is InChI=1S/C16H18O4S/c1-9-5-10(2)15(8-14(9)17)21(19,20)13-6-11(3)16(18)12(4)7-13/h5-8,17-18H,1-4H3. The summed E-state index contributed by atoms with van der Waals surface area (Å²) in [4.78, 5) is 0.191. The van der Waals surface area contributed by atoms with Crippen molar-refractivity contribution in [1.82, 2.24) is 0 Å². The molecule has 0 aliphatic carbocycles. The maximum Gasteiger partial charge on any atom is 0.207 e. The molecule has 0 aliphatic rings. The predicted octanol–water partition coefficient (Wildman–Crippen LogP) is 3.16. The van der Waals surface area contributed by atoms with E-state index in [9.17, 15) is 18.6 Å². The molecular weight excluding hydrogens is 288 g/mol. The normalized spacial score (nSPS) is 11.6. The number of hydrogen-bond acceptors (Lipinski definition) is 4. The molecule has 112 valence electrons. The summed E-state index contributed by atoms with van der Waals surface area (Å²) in [6, 6.07) is 5.79. The Kier molecular flexibility index (Phi) is 3.72. The van der Waals surface area contributed by atoms with Gasteiger partial charge in [-0.15, -0.1) is 0 Å². The quantitative estimate of drug-likeness (QED) is 0.893. The first-order valence-electron chi connectivity index (χ1n) is 6.50. The van der Waals surface area contributed by atoms with Gasteiger partial charge in [0.05, 0.1) is 9.79 Å². The first-order valence-corrected chi connectivity index (χ1v) is 7.98. The molecule has 0 saturated carbocycles. The number of hydrogen-bond donors (Lipinski definition) is 2. The third-order valence-corrected chi connectivity index (χ3v) is 5.43. The van der Waals surface area contributed by atoms with E-state index in [2.05, 4.69) is 0 Å². The minimum atomic E-state index is -3.74. The number of aryl methyl sites for hydroxylation is 4. The van der Waals surface area contributed by atoms with Gasteiger partial charge in [-0.3, -0.25) is 0 Å². The first kappa shape index (κ1) is 15.4. The molecule has 0 saturated heterocycles. The van der Waals surface area contributed by atoms with Gasteiger partial charge in [-0.25, -0.2) is 8.42 Å². The van der Waals surface area contributed by atoms with Crippen LogP contribution in [0.2, 0.25) is 0 Å². The number of benzene rings is 2. The Morgan fingerprint density at radius 3 is 1.81 bits per heavy atom. The van der Waals surface area contributed by atoms with Crippen LogP contribution in [0.25, 0.3) is 0 Å². The van der Waals surface area contributed by atoms with Gasteiger partial charge in [0.25, 0.3) is 0 Å². The average molecular weight is 306 g/mol. The smallest absolute Gasteiger partial charge is 0.207 e. The molecule has 0 atom stereocenters. The molecule has 0 heterocycles. The molecule has 4 nitrogen and oxygen atoms in total. The SMILES string of the molecule is Cc1cc(C)c(S(=O)(=O)c2cc(C)c(O)c(C)c2)cc1O. The average Bonchev–Trinajstić information content (AvgIpc) is 2.39. The van der Waals surface area contributed by atoms with Crippen LogP contribution in [-0.2, 0) is 9.84 Å². The Bertz CT molecular complexity index is 797. The second-order valence-electron chi connectivity index (χ2n) is 5.31. The van der Waals surface area contributed by atoms with Crippen LogP contribution in [0.5, 0.6) is 11.5 Å². The van der Waals surface area contributed by atoms with Gasteiger partial charge >= 0.3 is 0 Å². The fraction of sp³-hybridized carbons (Fsp3) is 0.250. The Labute approximate surface area is 124 Å². The first-order chi connectivity index (χ1) is 9.64. The summed E-state index contributed by atoms with van der Waals surface area (Å²) in [5.41, 5.74) is 2.21. The molecular formula is C16H18O4S. The summed E-state index contributed by atoms with van der Waals surface area (Å²) in [5.74, 6) is 0.0452. The van der Waals surface area contributed by atoms with Crippen molar-refractivity contribution >= 4 is 9.84 Å². The Balaban J connectivity index is 2.71. The van der Waals surface area contributed by atoms with Crippen LogP contribution in [0.3, 0.4) is 0 Å². The summed E-state index contributed by atoms with van der Waals surface area (Å²) in [5, 5.41) is 19.6. The van der Waals surface area contributed by atoms with Crippen LogP contribution in [0.4, 0.5) is 0 Å². The van der Waals surface area contributed by atoms with Gasteiger partial charge in [-0.2, -0.15) is 0 Å². The molecule has 2 rings (SSSR count). The van der Waals surface area contributed by atoms with Gasteiger partial charge in [0.1, 0.15) is 11.5 Å². The zero-order valence-corrected chi connectivity index (χ0v) is 13.2. The van der Waals surface area contributed by atoms with E-state index < -0.39 is 9.84 Å². The van der Waals surface area contributed by atoms with E-state index in [1.54, 1.807) is 33.8 Å². The molecule has 2 aromatic rings. The highest BCUT2D eigenvalue weighted by molar-refractivity contribution is 7.91. The fourth-order valence-electron chi connectivity index (χ4n) is 2.31. The summed E-state index contributed by atoms with van der Waals surface area (Å²) in [6.07, 6.45) is 0. The van der Waals surface area contributed by atoms with Crippen LogP contribution in [0.15, 0.2) is 34.1 Å². The molecule has 0 bridgehead atoms. The van der Waals surface area contributed by atoms with Gasteiger partial charge in [0, 0.05) is 0 Å². The van der Waals surface area contributed by atoms with Crippen LogP contribution >= 0.6 is 0 Å². The predicted molar refractivity (Wildman–Crippen MR) is 80.6 cm³/mol. The topological polar surface area (TPSA) is 74.6 Å². The zero-order chi connectivity index (χ0) is 15.9. The van der Waals surface area contributed by atoms with Crippen LogP contribution in [-0.4, -0.2) is 18.6 Å². The summed E-state index contributed by atoms with van der Waals surface area (Å²) >= 11 is 0. The maximum absolute atomic E-state index is 12.7. The van der Waals surface area contributed by atoms with Crippen molar-refractivity contribution < 1.29 is 18.6 Å². The van der Waals surface area contributed by atoms with E-state index in [0.29, 0.717) is 22.3 Å². The molecule has 0 aromatic heterocycles. The van der Waals surface area contributed by atoms with E-state index >= 15 is 0 Å². The second-order valence-corrected chi connectivity index (χ2v) is 7.23. The maximum atomic E-state index is 12.7. The fourth-order valence-corrected chi connectivity index (χ4v) is 3.98. The van der Waals surface area contributed by atoms with Crippen molar-refractivity contribution in [3.63, 3.8) is 0 Å². The molecule has 0 unspecified atom stereocenters. The molecule has 2 N–H and O–H groups in total. The molecule has 0 radical (unpaired) electrons. The second kappa shape index (κ2) is 5.07. The highest BCUT2D eigenvalue weighted by Crippen LogP contribution is 2.32. The minimum Gasteiger partial charge on any atom is -0.508 e. The third-order valence-electron chi connectivity index (χ3n) is 3.56. The molecule has 2 aromatic carbocycles. The summed E-state index contributed by atoms with van der Waals surface area (Å²) in [6.45, 7) is 6.72.